The second-order valence-electron chi connectivity index (χ2n) is 3.66. The van der Waals surface area contributed by atoms with Gasteiger partial charge in [0.05, 0.1) is 0 Å². The Balaban J connectivity index is 2.25. The molecular formula is C13H16N4. The molecule has 0 aliphatic heterocycles. The lowest BCUT2D eigenvalue weighted by atomic mass is 10.3. The maximum absolute atomic E-state index is 4.44. The van der Waals surface area contributed by atoms with E-state index in [2.05, 4.69) is 27.4 Å². The molecule has 0 saturated heterocycles. The number of hydrogen-bond donors (Lipinski definition) is 1. The Kier molecular flexibility index (Phi) is 3.55. The molecule has 0 radical (unpaired) electrons. The molecule has 0 atom stereocenters. The fourth-order valence-corrected chi connectivity index (χ4v) is 1.56. The second-order valence-corrected chi connectivity index (χ2v) is 3.66. The number of nitrogens with zero attached hydrogens (tertiary/aromatic N) is 3. The Labute approximate surface area is 101 Å². The average molecular weight is 228 g/mol. The first-order chi connectivity index (χ1) is 8.31. The summed E-state index contributed by atoms with van der Waals surface area (Å²) in [4.78, 5) is 10.6. The number of benzene rings is 1. The van der Waals surface area contributed by atoms with Gasteiger partial charge in [0.1, 0.15) is 5.82 Å². The van der Waals surface area contributed by atoms with Crippen LogP contribution in [0.1, 0.15) is 6.92 Å². The molecule has 1 heterocycles. The van der Waals surface area contributed by atoms with Crippen molar-refractivity contribution in [3.8, 4) is 0 Å². The van der Waals surface area contributed by atoms with Crippen molar-refractivity contribution in [1.82, 2.24) is 9.97 Å². The molecule has 0 fully saturated rings. The highest BCUT2D eigenvalue weighted by atomic mass is 15.2. The number of nitrogens with one attached hydrogen (secondary N) is 1. The summed E-state index contributed by atoms with van der Waals surface area (Å²) in [5.74, 6) is 1.54. The number of hydrogen-bond acceptors (Lipinski definition) is 4. The Morgan fingerprint density at radius 1 is 1.18 bits per heavy atom. The van der Waals surface area contributed by atoms with E-state index in [-0.39, 0.29) is 0 Å². The van der Waals surface area contributed by atoms with Gasteiger partial charge < -0.3 is 10.2 Å². The van der Waals surface area contributed by atoms with Gasteiger partial charge in [-0.3, -0.25) is 0 Å². The minimum Gasteiger partial charge on any atom is -0.354 e. The summed E-state index contributed by atoms with van der Waals surface area (Å²) in [5, 5.41) is 3.11. The van der Waals surface area contributed by atoms with Crippen LogP contribution >= 0.6 is 0 Å². The van der Waals surface area contributed by atoms with Crippen LogP contribution in [0.4, 0.5) is 17.5 Å². The molecule has 0 aliphatic carbocycles. The van der Waals surface area contributed by atoms with Crippen LogP contribution in [0.2, 0.25) is 0 Å². The van der Waals surface area contributed by atoms with Crippen molar-refractivity contribution >= 4 is 17.5 Å². The van der Waals surface area contributed by atoms with Crippen LogP contribution in [0.3, 0.4) is 0 Å². The molecule has 2 rings (SSSR count). The first kappa shape index (κ1) is 11.4. The normalized spacial score (nSPS) is 10.0. The Morgan fingerprint density at radius 3 is 2.65 bits per heavy atom. The summed E-state index contributed by atoms with van der Waals surface area (Å²) in [5.41, 5.74) is 1.11. The van der Waals surface area contributed by atoms with Crippen LogP contribution in [-0.2, 0) is 0 Å². The lowest BCUT2D eigenvalue weighted by Crippen LogP contribution is -2.12. The van der Waals surface area contributed by atoms with E-state index in [1.165, 1.54) is 0 Å². The number of rotatable bonds is 4. The third-order valence-corrected chi connectivity index (χ3v) is 2.46. The van der Waals surface area contributed by atoms with E-state index in [0.717, 1.165) is 18.1 Å². The molecule has 0 amide bonds. The molecular weight excluding hydrogens is 212 g/mol. The summed E-state index contributed by atoms with van der Waals surface area (Å²) in [7, 11) is 1.99. The van der Waals surface area contributed by atoms with E-state index in [1.807, 2.05) is 43.1 Å². The van der Waals surface area contributed by atoms with Gasteiger partial charge in [0.2, 0.25) is 5.95 Å². The minimum atomic E-state index is 0.660. The molecule has 2 aromatic rings. The van der Waals surface area contributed by atoms with Crippen LogP contribution in [0, 0.1) is 0 Å². The van der Waals surface area contributed by atoms with Crippen LogP contribution in [0.15, 0.2) is 42.6 Å². The molecule has 88 valence electrons. The molecule has 0 spiro atoms. The van der Waals surface area contributed by atoms with E-state index >= 15 is 0 Å². The molecule has 0 saturated carbocycles. The summed E-state index contributed by atoms with van der Waals surface area (Å²) in [6.07, 6.45) is 1.76. The van der Waals surface area contributed by atoms with E-state index in [4.69, 9.17) is 0 Å². The third-order valence-electron chi connectivity index (χ3n) is 2.46. The van der Waals surface area contributed by atoms with Gasteiger partial charge >= 0.3 is 0 Å². The molecule has 1 aromatic carbocycles. The van der Waals surface area contributed by atoms with Crippen LogP contribution in [0.25, 0.3) is 0 Å². The molecule has 0 bridgehead atoms. The third kappa shape index (κ3) is 2.72. The Hall–Kier alpha value is -2.10. The van der Waals surface area contributed by atoms with Crippen LogP contribution < -0.4 is 10.2 Å². The lowest BCUT2D eigenvalue weighted by Gasteiger charge is -2.18. The molecule has 0 aliphatic rings. The van der Waals surface area contributed by atoms with Crippen molar-refractivity contribution in [2.45, 2.75) is 6.92 Å². The maximum Gasteiger partial charge on any atom is 0.224 e. The molecule has 1 aromatic heterocycles. The number of aromatic nitrogens is 2. The van der Waals surface area contributed by atoms with Gasteiger partial charge in [-0.15, -0.1) is 0 Å². The number of anilines is 3. The largest absolute Gasteiger partial charge is 0.354 e. The van der Waals surface area contributed by atoms with E-state index in [1.54, 1.807) is 6.20 Å². The highest BCUT2D eigenvalue weighted by Gasteiger charge is 2.05. The predicted molar refractivity (Wildman–Crippen MR) is 70.7 cm³/mol. The van der Waals surface area contributed by atoms with Crippen molar-refractivity contribution in [1.29, 1.82) is 0 Å². The van der Waals surface area contributed by atoms with Crippen molar-refractivity contribution in [3.63, 3.8) is 0 Å². The average Bonchev–Trinajstić information content (AvgIpc) is 2.40. The highest BCUT2D eigenvalue weighted by Crippen LogP contribution is 2.21. The zero-order chi connectivity index (χ0) is 12.1. The van der Waals surface area contributed by atoms with Gasteiger partial charge in [-0.1, -0.05) is 18.2 Å². The van der Waals surface area contributed by atoms with E-state index in [9.17, 15) is 0 Å². The summed E-state index contributed by atoms with van der Waals surface area (Å²) in [6.45, 7) is 2.84. The Bertz CT molecular complexity index is 470. The van der Waals surface area contributed by atoms with Crippen molar-refractivity contribution in [3.05, 3.63) is 42.6 Å². The quantitative estimate of drug-likeness (QED) is 0.873. The van der Waals surface area contributed by atoms with Gasteiger partial charge in [-0.2, -0.15) is 4.98 Å². The monoisotopic (exact) mass is 228 g/mol. The van der Waals surface area contributed by atoms with Gasteiger partial charge in [0, 0.05) is 25.5 Å². The van der Waals surface area contributed by atoms with Crippen molar-refractivity contribution in [2.75, 3.05) is 23.8 Å². The molecule has 4 heteroatoms. The minimum absolute atomic E-state index is 0.660. The summed E-state index contributed by atoms with van der Waals surface area (Å²) < 4.78 is 0. The first-order valence-corrected chi connectivity index (χ1v) is 5.67. The molecule has 4 nitrogen and oxygen atoms in total. The molecule has 0 unspecified atom stereocenters. The van der Waals surface area contributed by atoms with Crippen LogP contribution in [0.5, 0.6) is 0 Å². The number of para-hydroxylation sites is 1. The van der Waals surface area contributed by atoms with Crippen molar-refractivity contribution < 1.29 is 0 Å². The zero-order valence-electron chi connectivity index (χ0n) is 10.1. The standard InChI is InChI=1S/C13H16N4/c1-3-14-13-15-10-9-12(16-13)17(2)11-7-5-4-6-8-11/h4-10H,3H2,1-2H3,(H,14,15,16). The lowest BCUT2D eigenvalue weighted by molar-refractivity contribution is 1.05. The first-order valence-electron chi connectivity index (χ1n) is 5.67. The fraction of sp³-hybridized carbons (Fsp3) is 0.231. The molecule has 1 N–H and O–H groups in total. The van der Waals surface area contributed by atoms with Gasteiger partial charge in [0.15, 0.2) is 0 Å². The molecule has 17 heavy (non-hydrogen) atoms. The maximum atomic E-state index is 4.44. The Morgan fingerprint density at radius 2 is 1.94 bits per heavy atom. The fourth-order valence-electron chi connectivity index (χ4n) is 1.56. The second kappa shape index (κ2) is 5.30. The topological polar surface area (TPSA) is 41.1 Å². The van der Waals surface area contributed by atoms with Crippen molar-refractivity contribution in [2.24, 2.45) is 0 Å². The van der Waals surface area contributed by atoms with Gasteiger partial charge in [0.25, 0.3) is 0 Å². The van der Waals surface area contributed by atoms with Gasteiger partial charge in [-0.25, -0.2) is 4.98 Å². The van der Waals surface area contributed by atoms with E-state index in [0.29, 0.717) is 5.95 Å². The SMILES string of the molecule is CCNc1nccc(N(C)c2ccccc2)n1. The van der Waals surface area contributed by atoms with Gasteiger partial charge in [-0.05, 0) is 25.1 Å². The van der Waals surface area contributed by atoms with E-state index < -0.39 is 0 Å². The summed E-state index contributed by atoms with van der Waals surface area (Å²) in [6, 6.07) is 12.0. The smallest absolute Gasteiger partial charge is 0.224 e. The predicted octanol–water partition coefficient (Wildman–Crippen LogP) is 2.68. The van der Waals surface area contributed by atoms with Crippen LogP contribution in [-0.4, -0.2) is 23.6 Å². The highest BCUT2D eigenvalue weighted by molar-refractivity contribution is 5.59. The zero-order valence-corrected chi connectivity index (χ0v) is 10.1. The summed E-state index contributed by atoms with van der Waals surface area (Å²) >= 11 is 0.